The summed E-state index contributed by atoms with van der Waals surface area (Å²) in [6.07, 6.45) is -1.10. The number of carbonyl (C=O) groups is 1. The lowest BCUT2D eigenvalue weighted by molar-refractivity contribution is -0.275. The highest BCUT2D eigenvalue weighted by atomic mass is 35.5. The molecule has 4 rings (SSSR count). The van der Waals surface area contributed by atoms with E-state index in [1.807, 2.05) is 11.9 Å². The van der Waals surface area contributed by atoms with Crippen LogP contribution in [0.3, 0.4) is 0 Å². The summed E-state index contributed by atoms with van der Waals surface area (Å²) in [5, 5.41) is 2.54. The molecule has 3 aromatic rings. The number of ether oxygens (including phenoxy) is 1. The number of likely N-dealkylation sites (N-methyl/N-ethyl adjacent to an activating group) is 1. The van der Waals surface area contributed by atoms with Gasteiger partial charge in [0, 0.05) is 37.9 Å². The van der Waals surface area contributed by atoms with Crippen molar-refractivity contribution in [3.8, 4) is 17.0 Å². The molecule has 3 heterocycles. The summed E-state index contributed by atoms with van der Waals surface area (Å²) in [6.45, 7) is 1.09. The molecule has 3 N–H and O–H groups in total. The molecule has 11 nitrogen and oxygen atoms in total. The zero-order valence-corrected chi connectivity index (χ0v) is 21.5. The zero-order chi connectivity index (χ0) is 26.8. The van der Waals surface area contributed by atoms with Crippen LogP contribution in [-0.4, -0.2) is 78.1 Å². The molecule has 1 aromatic carbocycles. The van der Waals surface area contributed by atoms with Gasteiger partial charge < -0.3 is 20.7 Å². The number of rotatable bonds is 6. The second-order valence-electron chi connectivity index (χ2n) is 8.10. The van der Waals surface area contributed by atoms with E-state index in [9.17, 15) is 26.4 Å². The first-order chi connectivity index (χ1) is 17.4. The van der Waals surface area contributed by atoms with Gasteiger partial charge in [-0.3, -0.25) is 9.78 Å². The Morgan fingerprint density at radius 1 is 1.13 bits per heavy atom. The number of nitrogens with one attached hydrogen (secondary N) is 1. The summed E-state index contributed by atoms with van der Waals surface area (Å²) in [4.78, 5) is 25.9. The van der Waals surface area contributed by atoms with Gasteiger partial charge in [0.15, 0.2) is 11.5 Å². The number of anilines is 2. The molecule has 0 unspecified atom stereocenters. The van der Waals surface area contributed by atoms with Crippen LogP contribution in [0, 0.1) is 0 Å². The van der Waals surface area contributed by atoms with Crippen molar-refractivity contribution in [2.45, 2.75) is 11.3 Å². The van der Waals surface area contributed by atoms with Crippen LogP contribution in [0.5, 0.6) is 5.75 Å². The Kier molecular flexibility index (Phi) is 8.76. The first kappa shape index (κ1) is 29.0. The molecular formula is C22H23ClF3N7O4S. The fourth-order valence-electron chi connectivity index (χ4n) is 3.58. The van der Waals surface area contributed by atoms with Gasteiger partial charge in [-0.05, 0) is 31.3 Å². The first-order valence-electron chi connectivity index (χ1n) is 10.9. The molecule has 16 heteroatoms. The third kappa shape index (κ3) is 6.66. The van der Waals surface area contributed by atoms with E-state index in [2.05, 4.69) is 25.0 Å². The summed E-state index contributed by atoms with van der Waals surface area (Å²) >= 11 is 0. The number of halogens is 4. The highest BCUT2D eigenvalue weighted by Gasteiger charge is 2.36. The Morgan fingerprint density at radius 2 is 1.84 bits per heavy atom. The van der Waals surface area contributed by atoms with Crippen molar-refractivity contribution in [3.05, 3.63) is 54.6 Å². The van der Waals surface area contributed by atoms with Gasteiger partial charge in [-0.2, -0.15) is 4.31 Å². The highest BCUT2D eigenvalue weighted by Crippen LogP contribution is 2.35. The fraction of sp³-hybridized carbons (Fsp3) is 0.273. The van der Waals surface area contributed by atoms with Gasteiger partial charge in [0.25, 0.3) is 5.91 Å². The Labute approximate surface area is 222 Å². The Morgan fingerprint density at radius 3 is 2.47 bits per heavy atom. The number of amides is 1. The minimum absolute atomic E-state index is 0. The molecule has 0 atom stereocenters. The van der Waals surface area contributed by atoms with Crippen molar-refractivity contribution >= 4 is 39.8 Å². The van der Waals surface area contributed by atoms with Crippen molar-refractivity contribution in [2.24, 2.45) is 0 Å². The van der Waals surface area contributed by atoms with E-state index in [0.29, 0.717) is 18.8 Å². The number of benzene rings is 1. The summed E-state index contributed by atoms with van der Waals surface area (Å²) in [5.41, 5.74) is 5.87. The van der Waals surface area contributed by atoms with E-state index >= 15 is 0 Å². The normalized spacial score (nSPS) is 14.9. The molecule has 38 heavy (non-hydrogen) atoms. The van der Waals surface area contributed by atoms with Crippen LogP contribution < -0.4 is 15.8 Å². The molecule has 1 amide bonds. The quantitative estimate of drug-likeness (QED) is 0.455. The molecule has 0 saturated carbocycles. The van der Waals surface area contributed by atoms with E-state index < -0.39 is 32.9 Å². The minimum Gasteiger partial charge on any atom is -0.404 e. The Hall–Kier alpha value is -3.53. The topological polar surface area (TPSA) is 144 Å². The molecule has 1 aliphatic rings. The molecule has 204 valence electrons. The molecule has 2 aromatic heterocycles. The zero-order valence-electron chi connectivity index (χ0n) is 19.8. The third-order valence-corrected chi connectivity index (χ3v) is 7.42. The second-order valence-corrected chi connectivity index (χ2v) is 10.0. The van der Waals surface area contributed by atoms with Crippen LogP contribution >= 0.6 is 12.4 Å². The maximum atomic E-state index is 13.2. The van der Waals surface area contributed by atoms with Gasteiger partial charge in [0.05, 0.1) is 23.8 Å². The standard InChI is InChI=1S/C22H22F3N7O4S.ClH/c1-31-7-9-32(10-8-31)37(34,35)18-5-4-14(11-17(18)36-22(23,24)25)16-13-28-20(26)19(30-16)21(33)29-15-3-2-6-27-12-15;/h2-6,11-13H,7-10H2,1H3,(H2,26,28)(H,29,33);1H. The molecule has 0 spiro atoms. The number of aromatic nitrogens is 3. The molecular weight excluding hydrogens is 551 g/mol. The van der Waals surface area contributed by atoms with Gasteiger partial charge in [-0.1, -0.05) is 6.07 Å². The molecule has 1 fully saturated rings. The maximum Gasteiger partial charge on any atom is 0.573 e. The molecule has 1 saturated heterocycles. The van der Waals surface area contributed by atoms with E-state index in [0.717, 1.165) is 22.6 Å². The SMILES string of the molecule is CN1CCN(S(=O)(=O)c2ccc(-c3cnc(N)c(C(=O)Nc4cccnc4)n3)cc2OC(F)(F)F)CC1.Cl. The predicted octanol–water partition coefficient (Wildman–Crippen LogP) is 2.63. The van der Waals surface area contributed by atoms with Crippen LogP contribution in [0.15, 0.2) is 53.8 Å². The predicted molar refractivity (Wildman–Crippen MR) is 134 cm³/mol. The van der Waals surface area contributed by atoms with Crippen molar-refractivity contribution in [2.75, 3.05) is 44.3 Å². The monoisotopic (exact) mass is 573 g/mol. The number of nitrogen functional groups attached to an aromatic ring is 1. The number of hydrogen-bond donors (Lipinski definition) is 2. The number of nitrogens with zero attached hydrogens (tertiary/aromatic N) is 5. The number of carbonyl (C=O) groups excluding carboxylic acids is 1. The molecule has 0 bridgehead atoms. The van der Waals surface area contributed by atoms with E-state index in [-0.39, 0.29) is 48.3 Å². The lowest BCUT2D eigenvalue weighted by Gasteiger charge is -2.32. The van der Waals surface area contributed by atoms with E-state index in [1.165, 1.54) is 18.5 Å². The summed E-state index contributed by atoms with van der Waals surface area (Å²) in [6, 6.07) is 6.34. The summed E-state index contributed by atoms with van der Waals surface area (Å²) < 4.78 is 71.2. The largest absolute Gasteiger partial charge is 0.573 e. The smallest absolute Gasteiger partial charge is 0.404 e. The van der Waals surface area contributed by atoms with Gasteiger partial charge in [-0.15, -0.1) is 25.6 Å². The molecule has 1 aliphatic heterocycles. The van der Waals surface area contributed by atoms with Crippen LogP contribution in [0.1, 0.15) is 10.5 Å². The lowest BCUT2D eigenvalue weighted by Crippen LogP contribution is -2.47. The van der Waals surface area contributed by atoms with Crippen LogP contribution in [0.2, 0.25) is 0 Å². The van der Waals surface area contributed by atoms with Crippen LogP contribution in [0.4, 0.5) is 24.7 Å². The number of piperazine rings is 1. The fourth-order valence-corrected chi connectivity index (χ4v) is 5.10. The van der Waals surface area contributed by atoms with Crippen molar-refractivity contribution in [1.82, 2.24) is 24.2 Å². The lowest BCUT2D eigenvalue weighted by atomic mass is 10.1. The van der Waals surface area contributed by atoms with Gasteiger partial charge in [0.1, 0.15) is 10.6 Å². The van der Waals surface area contributed by atoms with Crippen molar-refractivity contribution in [1.29, 1.82) is 0 Å². The van der Waals surface area contributed by atoms with Gasteiger partial charge >= 0.3 is 6.36 Å². The Balaban J connectivity index is 0.00000400. The number of sulfonamides is 1. The Bertz CT molecular complexity index is 1400. The molecule has 0 radical (unpaired) electrons. The number of pyridine rings is 1. The van der Waals surface area contributed by atoms with Crippen molar-refractivity contribution < 1.29 is 31.1 Å². The summed E-state index contributed by atoms with van der Waals surface area (Å²) in [5.74, 6) is -1.86. The average molecular weight is 574 g/mol. The second kappa shape index (κ2) is 11.5. The molecule has 0 aliphatic carbocycles. The highest BCUT2D eigenvalue weighted by molar-refractivity contribution is 7.89. The average Bonchev–Trinajstić information content (AvgIpc) is 2.84. The van der Waals surface area contributed by atoms with Gasteiger partial charge in [0.2, 0.25) is 10.0 Å². The van der Waals surface area contributed by atoms with Crippen LogP contribution in [-0.2, 0) is 10.0 Å². The maximum absolute atomic E-state index is 13.2. The van der Waals surface area contributed by atoms with Crippen LogP contribution in [0.25, 0.3) is 11.3 Å². The number of alkyl halides is 3. The summed E-state index contributed by atoms with van der Waals surface area (Å²) in [7, 11) is -2.48. The minimum atomic E-state index is -5.16. The van der Waals surface area contributed by atoms with E-state index in [1.54, 1.807) is 12.1 Å². The third-order valence-electron chi connectivity index (χ3n) is 5.48. The number of nitrogens with two attached hydrogens (primary N) is 1. The first-order valence-corrected chi connectivity index (χ1v) is 12.3. The van der Waals surface area contributed by atoms with Gasteiger partial charge in [-0.25, -0.2) is 18.4 Å². The number of hydrogen-bond acceptors (Lipinski definition) is 9. The van der Waals surface area contributed by atoms with E-state index in [4.69, 9.17) is 5.73 Å². The van der Waals surface area contributed by atoms with Crippen molar-refractivity contribution in [3.63, 3.8) is 0 Å².